The molecular formula is C13H20N4. The summed E-state index contributed by atoms with van der Waals surface area (Å²) in [6.45, 7) is 5.57. The molecule has 1 aromatic rings. The minimum Gasteiger partial charge on any atom is -0.384 e. The van der Waals surface area contributed by atoms with Crippen molar-refractivity contribution in [2.45, 2.75) is 32.7 Å². The Morgan fingerprint density at radius 3 is 3.00 bits per heavy atom. The van der Waals surface area contributed by atoms with Gasteiger partial charge in [-0.1, -0.05) is 6.92 Å². The highest BCUT2D eigenvalue weighted by molar-refractivity contribution is 5.95. The summed E-state index contributed by atoms with van der Waals surface area (Å²) < 4.78 is 0. The van der Waals surface area contributed by atoms with Crippen LogP contribution in [0.3, 0.4) is 0 Å². The van der Waals surface area contributed by atoms with E-state index in [2.05, 4.69) is 23.7 Å². The van der Waals surface area contributed by atoms with E-state index in [0.717, 1.165) is 17.9 Å². The Hall–Kier alpha value is -1.58. The van der Waals surface area contributed by atoms with E-state index in [1.165, 1.54) is 12.8 Å². The third kappa shape index (κ3) is 2.40. The van der Waals surface area contributed by atoms with Gasteiger partial charge in [0.05, 0.1) is 0 Å². The first-order chi connectivity index (χ1) is 8.09. The molecule has 2 unspecified atom stereocenters. The second kappa shape index (κ2) is 4.73. The minimum absolute atomic E-state index is 0.103. The third-order valence-corrected chi connectivity index (χ3v) is 3.72. The summed E-state index contributed by atoms with van der Waals surface area (Å²) in [6.07, 6.45) is 4.22. The van der Waals surface area contributed by atoms with Crippen LogP contribution in [0.1, 0.15) is 32.3 Å². The Bertz CT molecular complexity index is 416. The molecule has 0 aromatic carbocycles. The molecule has 92 valence electrons. The molecule has 0 radical (unpaired) electrons. The topological polar surface area (TPSA) is 66.0 Å². The summed E-state index contributed by atoms with van der Waals surface area (Å²) in [5.41, 5.74) is 6.26. The van der Waals surface area contributed by atoms with Gasteiger partial charge in [0, 0.05) is 24.3 Å². The van der Waals surface area contributed by atoms with Crippen LogP contribution < -0.4 is 10.6 Å². The number of nitrogens with one attached hydrogen (secondary N) is 1. The number of hydrogen-bond acceptors (Lipinski definition) is 3. The Kier molecular flexibility index (Phi) is 3.31. The summed E-state index contributed by atoms with van der Waals surface area (Å²) in [7, 11) is 0. The zero-order valence-electron chi connectivity index (χ0n) is 10.5. The second-order valence-electron chi connectivity index (χ2n) is 4.87. The molecule has 0 bridgehead atoms. The molecule has 4 nitrogen and oxygen atoms in total. The molecule has 2 rings (SSSR count). The predicted molar refractivity (Wildman–Crippen MR) is 70.5 cm³/mol. The van der Waals surface area contributed by atoms with Crippen LogP contribution in [0.25, 0.3) is 0 Å². The normalized spacial score (nSPS) is 24.7. The highest BCUT2D eigenvalue weighted by Gasteiger charge is 2.25. The highest BCUT2D eigenvalue weighted by atomic mass is 15.2. The van der Waals surface area contributed by atoms with Crippen LogP contribution in [0, 0.1) is 11.3 Å². The fraction of sp³-hybridized carbons (Fsp3) is 0.538. The Morgan fingerprint density at radius 1 is 1.53 bits per heavy atom. The number of pyridine rings is 1. The molecule has 1 aliphatic heterocycles. The average Bonchev–Trinajstić information content (AvgIpc) is 2.33. The second-order valence-corrected chi connectivity index (χ2v) is 4.87. The number of aromatic nitrogens is 1. The maximum atomic E-state index is 7.47. The van der Waals surface area contributed by atoms with E-state index in [0.29, 0.717) is 12.0 Å². The standard InChI is InChI=1S/C13H20N4/c1-9-4-3-7-17(10(9)2)12-8-11(13(14)15)5-6-16-12/h5-6,8-10H,3-4,7H2,1-2H3,(H3,14,15). The van der Waals surface area contributed by atoms with Crippen molar-refractivity contribution >= 4 is 11.7 Å². The summed E-state index contributed by atoms with van der Waals surface area (Å²) in [5.74, 6) is 1.73. The molecule has 0 aliphatic carbocycles. The van der Waals surface area contributed by atoms with Crippen molar-refractivity contribution < 1.29 is 0 Å². The first-order valence-electron chi connectivity index (χ1n) is 6.16. The van der Waals surface area contributed by atoms with Crippen molar-refractivity contribution in [1.82, 2.24) is 4.98 Å². The van der Waals surface area contributed by atoms with E-state index in [-0.39, 0.29) is 5.84 Å². The van der Waals surface area contributed by atoms with Crippen molar-refractivity contribution in [3.05, 3.63) is 23.9 Å². The SMILES string of the molecule is CC1CCCN(c2cc(C(=N)N)ccn2)C1C. The zero-order valence-corrected chi connectivity index (χ0v) is 10.5. The zero-order chi connectivity index (χ0) is 12.4. The van der Waals surface area contributed by atoms with Gasteiger partial charge in [0.1, 0.15) is 11.7 Å². The lowest BCUT2D eigenvalue weighted by atomic mass is 9.92. The highest BCUT2D eigenvalue weighted by Crippen LogP contribution is 2.27. The average molecular weight is 232 g/mol. The molecule has 1 aliphatic rings. The first kappa shape index (κ1) is 11.9. The van der Waals surface area contributed by atoms with Gasteiger partial charge < -0.3 is 10.6 Å². The number of hydrogen-bond donors (Lipinski definition) is 2. The van der Waals surface area contributed by atoms with E-state index in [1.807, 2.05) is 6.07 Å². The minimum atomic E-state index is 0.103. The molecule has 3 N–H and O–H groups in total. The van der Waals surface area contributed by atoms with Crippen molar-refractivity contribution in [3.63, 3.8) is 0 Å². The van der Waals surface area contributed by atoms with Crippen LogP contribution in [0.15, 0.2) is 18.3 Å². The van der Waals surface area contributed by atoms with Gasteiger partial charge in [-0.15, -0.1) is 0 Å². The molecule has 4 heteroatoms. The number of piperidine rings is 1. The van der Waals surface area contributed by atoms with Crippen molar-refractivity contribution in [2.24, 2.45) is 11.7 Å². The lowest BCUT2D eigenvalue weighted by Crippen LogP contribution is -2.43. The molecular weight excluding hydrogens is 212 g/mol. The quantitative estimate of drug-likeness (QED) is 0.605. The number of nitrogen functional groups attached to an aromatic ring is 1. The molecule has 0 amide bonds. The number of anilines is 1. The van der Waals surface area contributed by atoms with Gasteiger partial charge >= 0.3 is 0 Å². The monoisotopic (exact) mass is 232 g/mol. The molecule has 2 atom stereocenters. The molecule has 1 aromatic heterocycles. The van der Waals surface area contributed by atoms with Crippen LogP contribution in [0.4, 0.5) is 5.82 Å². The Labute approximate surface area is 102 Å². The maximum Gasteiger partial charge on any atom is 0.129 e. The number of rotatable bonds is 2. The van der Waals surface area contributed by atoms with Crippen LogP contribution in [-0.4, -0.2) is 23.4 Å². The van der Waals surface area contributed by atoms with Gasteiger partial charge in [-0.25, -0.2) is 4.98 Å². The largest absolute Gasteiger partial charge is 0.384 e. The summed E-state index contributed by atoms with van der Waals surface area (Å²) >= 11 is 0. The van der Waals surface area contributed by atoms with Crippen LogP contribution in [-0.2, 0) is 0 Å². The van der Waals surface area contributed by atoms with Gasteiger partial charge in [-0.05, 0) is 37.8 Å². The van der Waals surface area contributed by atoms with Gasteiger partial charge in [0.15, 0.2) is 0 Å². The Balaban J connectivity index is 2.26. The van der Waals surface area contributed by atoms with Gasteiger partial charge in [-0.3, -0.25) is 5.41 Å². The first-order valence-corrected chi connectivity index (χ1v) is 6.16. The summed E-state index contributed by atoms with van der Waals surface area (Å²) in [5, 5.41) is 7.47. The van der Waals surface area contributed by atoms with E-state index in [1.54, 1.807) is 12.3 Å². The van der Waals surface area contributed by atoms with E-state index in [9.17, 15) is 0 Å². The summed E-state index contributed by atoms with van der Waals surface area (Å²) in [4.78, 5) is 6.72. The van der Waals surface area contributed by atoms with E-state index < -0.39 is 0 Å². The molecule has 0 spiro atoms. The van der Waals surface area contributed by atoms with E-state index >= 15 is 0 Å². The molecule has 2 heterocycles. The predicted octanol–water partition coefficient (Wildman–Crippen LogP) is 1.99. The number of nitrogens with two attached hydrogens (primary N) is 1. The van der Waals surface area contributed by atoms with Crippen LogP contribution >= 0.6 is 0 Å². The molecule has 17 heavy (non-hydrogen) atoms. The maximum absolute atomic E-state index is 7.47. The van der Waals surface area contributed by atoms with Crippen molar-refractivity contribution in [1.29, 1.82) is 5.41 Å². The van der Waals surface area contributed by atoms with Gasteiger partial charge in [0.2, 0.25) is 0 Å². The van der Waals surface area contributed by atoms with Crippen molar-refractivity contribution in [3.8, 4) is 0 Å². The van der Waals surface area contributed by atoms with E-state index in [4.69, 9.17) is 11.1 Å². The fourth-order valence-corrected chi connectivity index (χ4v) is 2.40. The van der Waals surface area contributed by atoms with Crippen LogP contribution in [0.5, 0.6) is 0 Å². The lowest BCUT2D eigenvalue weighted by Gasteiger charge is -2.38. The third-order valence-electron chi connectivity index (χ3n) is 3.72. The molecule has 0 saturated carbocycles. The lowest BCUT2D eigenvalue weighted by molar-refractivity contribution is 0.361. The fourth-order valence-electron chi connectivity index (χ4n) is 2.40. The molecule has 1 saturated heterocycles. The number of nitrogens with zero attached hydrogens (tertiary/aromatic N) is 2. The van der Waals surface area contributed by atoms with Crippen molar-refractivity contribution in [2.75, 3.05) is 11.4 Å². The smallest absolute Gasteiger partial charge is 0.129 e. The van der Waals surface area contributed by atoms with Gasteiger partial charge in [-0.2, -0.15) is 0 Å². The number of amidine groups is 1. The summed E-state index contributed by atoms with van der Waals surface area (Å²) in [6, 6.07) is 4.19. The van der Waals surface area contributed by atoms with Gasteiger partial charge in [0.25, 0.3) is 0 Å². The molecule has 1 fully saturated rings. The van der Waals surface area contributed by atoms with Crippen LogP contribution in [0.2, 0.25) is 0 Å². The Morgan fingerprint density at radius 2 is 2.29 bits per heavy atom.